The molecule has 0 aliphatic carbocycles. The quantitative estimate of drug-likeness (QED) is 0.0256. The fourth-order valence-corrected chi connectivity index (χ4v) is 5.39. The van der Waals surface area contributed by atoms with Gasteiger partial charge in [0.25, 0.3) is 0 Å². The van der Waals surface area contributed by atoms with Crippen molar-refractivity contribution in [3.8, 4) is 0 Å². The first-order valence-corrected chi connectivity index (χ1v) is 20.1. The number of allylic oxidation sites excluding steroid dienone is 8. The van der Waals surface area contributed by atoms with Crippen molar-refractivity contribution in [1.82, 2.24) is 0 Å². The number of hydrogen-bond acceptors (Lipinski definition) is 8. The molecule has 0 saturated carbocycles. The van der Waals surface area contributed by atoms with Crippen molar-refractivity contribution in [3.05, 3.63) is 48.6 Å². The normalized spacial score (nSPS) is 14.9. The van der Waals surface area contributed by atoms with Gasteiger partial charge in [-0.2, -0.15) is 0 Å². The minimum Gasteiger partial charge on any atom is -0.457 e. The number of ether oxygens (including phenoxy) is 2. The zero-order chi connectivity index (χ0) is 35.4. The number of phosphoric ester groups is 1. The molecule has 0 aliphatic heterocycles. The van der Waals surface area contributed by atoms with E-state index in [2.05, 4.69) is 62.5 Å². The van der Waals surface area contributed by atoms with Gasteiger partial charge in [-0.05, 0) is 64.2 Å². The molecule has 280 valence electrons. The molecule has 3 N–H and O–H groups in total. The molecule has 0 radical (unpaired) electrons. The molecule has 3 unspecified atom stereocenters. The van der Waals surface area contributed by atoms with Gasteiger partial charge >= 0.3 is 13.8 Å². The maximum absolute atomic E-state index is 12.5. The largest absolute Gasteiger partial charge is 0.472 e. The Balaban J connectivity index is 4.29. The van der Waals surface area contributed by atoms with E-state index in [1.54, 1.807) is 0 Å². The molecule has 0 aliphatic rings. The third-order valence-electron chi connectivity index (χ3n) is 7.45. The lowest BCUT2D eigenvalue weighted by atomic mass is 10.1. The van der Waals surface area contributed by atoms with Crippen molar-refractivity contribution in [1.29, 1.82) is 0 Å². The molecule has 0 aromatic rings. The third-order valence-corrected chi connectivity index (χ3v) is 8.40. The van der Waals surface area contributed by atoms with Gasteiger partial charge in [0.1, 0.15) is 12.2 Å². The summed E-state index contributed by atoms with van der Waals surface area (Å²) >= 11 is 0. The van der Waals surface area contributed by atoms with Crippen LogP contribution in [-0.4, -0.2) is 66.3 Å². The molecular weight excluding hydrogens is 631 g/mol. The Morgan fingerprint density at radius 3 is 1.67 bits per heavy atom. The Hall–Kier alpha value is -1.58. The molecule has 0 aromatic carbocycles. The molecule has 48 heavy (non-hydrogen) atoms. The van der Waals surface area contributed by atoms with E-state index < -0.39 is 39.2 Å². The molecule has 0 saturated heterocycles. The van der Waals surface area contributed by atoms with Crippen LogP contribution in [0.2, 0.25) is 0 Å². The SMILES string of the molecule is CCC/C=C\C/C=C\CCCCCCCCOCC(COP(=O)(O)OCC(O)CO)OC(=O)CCCCCCC/C=C\C/C=C\CCC. The Morgan fingerprint density at radius 1 is 0.646 bits per heavy atom. The lowest BCUT2D eigenvalue weighted by molar-refractivity contribution is -0.154. The first kappa shape index (κ1) is 46.4. The predicted octanol–water partition coefficient (Wildman–Crippen LogP) is 9.47. The zero-order valence-electron chi connectivity index (χ0n) is 30.2. The molecule has 0 amide bonds. The minimum atomic E-state index is -4.52. The number of rotatable bonds is 35. The summed E-state index contributed by atoms with van der Waals surface area (Å²) < 4.78 is 33.2. The molecular formula is C38H69O9P. The van der Waals surface area contributed by atoms with Gasteiger partial charge in [-0.25, -0.2) is 4.57 Å². The summed E-state index contributed by atoms with van der Waals surface area (Å²) in [4.78, 5) is 22.4. The Kier molecular flexibility index (Phi) is 34.1. The summed E-state index contributed by atoms with van der Waals surface area (Å²) in [7, 11) is -4.52. The van der Waals surface area contributed by atoms with Crippen LogP contribution in [0.25, 0.3) is 0 Å². The van der Waals surface area contributed by atoms with Crippen LogP contribution in [0.3, 0.4) is 0 Å². The van der Waals surface area contributed by atoms with Gasteiger partial charge < -0.3 is 24.6 Å². The van der Waals surface area contributed by atoms with Crippen LogP contribution < -0.4 is 0 Å². The van der Waals surface area contributed by atoms with Crippen molar-refractivity contribution in [3.63, 3.8) is 0 Å². The van der Waals surface area contributed by atoms with E-state index in [1.807, 2.05) is 0 Å². The number of esters is 1. The zero-order valence-corrected chi connectivity index (χ0v) is 31.1. The summed E-state index contributed by atoms with van der Waals surface area (Å²) in [6.45, 7) is 3.32. The van der Waals surface area contributed by atoms with Crippen molar-refractivity contribution in [2.45, 2.75) is 154 Å². The van der Waals surface area contributed by atoms with E-state index in [-0.39, 0.29) is 19.6 Å². The number of aliphatic hydroxyl groups excluding tert-OH is 2. The average molecular weight is 701 g/mol. The van der Waals surface area contributed by atoms with Gasteiger partial charge in [0.05, 0.1) is 26.4 Å². The van der Waals surface area contributed by atoms with Crippen molar-refractivity contribution < 1.29 is 43.0 Å². The highest BCUT2D eigenvalue weighted by Gasteiger charge is 2.26. The Labute approximate surface area is 292 Å². The molecule has 0 bridgehead atoms. The molecule has 0 heterocycles. The Morgan fingerprint density at radius 2 is 1.12 bits per heavy atom. The summed E-state index contributed by atoms with van der Waals surface area (Å²) in [5.41, 5.74) is 0. The first-order chi connectivity index (χ1) is 23.3. The number of carbonyl (C=O) groups excluding carboxylic acids is 1. The van der Waals surface area contributed by atoms with Crippen molar-refractivity contribution >= 4 is 13.8 Å². The molecule has 0 spiro atoms. The van der Waals surface area contributed by atoms with Crippen LogP contribution in [0.5, 0.6) is 0 Å². The second-order valence-electron chi connectivity index (χ2n) is 12.2. The minimum absolute atomic E-state index is 0.0346. The van der Waals surface area contributed by atoms with E-state index in [0.717, 1.165) is 83.5 Å². The summed E-state index contributed by atoms with van der Waals surface area (Å²) in [5, 5.41) is 18.3. The highest BCUT2D eigenvalue weighted by molar-refractivity contribution is 7.47. The molecule has 9 nitrogen and oxygen atoms in total. The summed E-state index contributed by atoms with van der Waals surface area (Å²) in [6.07, 6.45) is 36.4. The van der Waals surface area contributed by atoms with E-state index in [0.29, 0.717) is 13.0 Å². The first-order valence-electron chi connectivity index (χ1n) is 18.6. The van der Waals surface area contributed by atoms with Gasteiger partial charge in [-0.15, -0.1) is 0 Å². The van der Waals surface area contributed by atoms with Crippen molar-refractivity contribution in [2.24, 2.45) is 0 Å². The molecule has 10 heteroatoms. The topological polar surface area (TPSA) is 132 Å². The average Bonchev–Trinajstić information content (AvgIpc) is 3.07. The van der Waals surface area contributed by atoms with Crippen LogP contribution >= 0.6 is 7.82 Å². The van der Waals surface area contributed by atoms with Crippen LogP contribution in [0.15, 0.2) is 48.6 Å². The highest BCUT2D eigenvalue weighted by Crippen LogP contribution is 2.43. The summed E-state index contributed by atoms with van der Waals surface area (Å²) in [6, 6.07) is 0. The van der Waals surface area contributed by atoms with E-state index >= 15 is 0 Å². The molecule has 0 rings (SSSR count). The predicted molar refractivity (Wildman–Crippen MR) is 196 cm³/mol. The maximum Gasteiger partial charge on any atom is 0.472 e. The Bertz CT molecular complexity index is 887. The lowest BCUT2D eigenvalue weighted by Crippen LogP contribution is -2.29. The number of aliphatic hydroxyl groups is 2. The van der Waals surface area contributed by atoms with E-state index in [4.69, 9.17) is 23.6 Å². The highest BCUT2D eigenvalue weighted by atomic mass is 31.2. The number of carbonyl (C=O) groups is 1. The summed E-state index contributed by atoms with van der Waals surface area (Å²) in [5.74, 6) is -0.404. The molecule has 0 fully saturated rings. The van der Waals surface area contributed by atoms with Gasteiger partial charge in [0, 0.05) is 13.0 Å². The van der Waals surface area contributed by atoms with E-state index in [9.17, 15) is 19.4 Å². The molecule has 0 aromatic heterocycles. The fraction of sp³-hybridized carbons (Fsp3) is 0.763. The van der Waals surface area contributed by atoms with E-state index in [1.165, 1.54) is 32.1 Å². The van der Waals surface area contributed by atoms with Crippen LogP contribution in [0, 0.1) is 0 Å². The van der Waals surface area contributed by atoms with Crippen LogP contribution in [-0.2, 0) is 27.9 Å². The smallest absolute Gasteiger partial charge is 0.457 e. The second-order valence-corrected chi connectivity index (χ2v) is 13.7. The number of phosphoric acid groups is 1. The van der Waals surface area contributed by atoms with Gasteiger partial charge in [-0.1, -0.05) is 120 Å². The molecule has 3 atom stereocenters. The monoisotopic (exact) mass is 700 g/mol. The lowest BCUT2D eigenvalue weighted by Gasteiger charge is -2.20. The standard InChI is InChI=1S/C38H69O9P/c1-3-5-7-9-11-13-15-17-19-21-23-25-27-29-31-44-34-37(35-46-48(42,43)45-33-36(40)32-39)47-38(41)30-28-26-24-22-20-18-16-14-12-10-8-6-4-2/h7-10,13-16,36-37,39-40H,3-6,11-12,17-35H2,1-2H3,(H,42,43)/b9-7-,10-8-,15-13-,16-14-. The van der Waals surface area contributed by atoms with Gasteiger partial charge in [-0.3, -0.25) is 13.8 Å². The van der Waals surface area contributed by atoms with Crippen molar-refractivity contribution in [2.75, 3.05) is 33.0 Å². The van der Waals surface area contributed by atoms with Crippen LogP contribution in [0.4, 0.5) is 0 Å². The van der Waals surface area contributed by atoms with Crippen LogP contribution in [0.1, 0.15) is 142 Å². The maximum atomic E-state index is 12.5. The van der Waals surface area contributed by atoms with Gasteiger partial charge in [0.15, 0.2) is 0 Å². The van der Waals surface area contributed by atoms with Gasteiger partial charge in [0.2, 0.25) is 0 Å². The second kappa shape index (κ2) is 35.3. The third kappa shape index (κ3) is 34.3. The fourth-order valence-electron chi connectivity index (χ4n) is 4.61. The number of unbranched alkanes of at least 4 members (excludes halogenated alkanes) is 13. The number of hydrogen-bond donors (Lipinski definition) is 3.